The number of aromatic nitrogens is 2. The van der Waals surface area contributed by atoms with Crippen molar-refractivity contribution >= 4 is 17.7 Å². The van der Waals surface area contributed by atoms with E-state index in [4.69, 9.17) is 5.73 Å². The lowest BCUT2D eigenvalue weighted by atomic mass is 10.6. The van der Waals surface area contributed by atoms with Crippen LogP contribution in [0.3, 0.4) is 0 Å². The summed E-state index contributed by atoms with van der Waals surface area (Å²) in [5.74, 6) is -0.474. The van der Waals surface area contributed by atoms with Crippen molar-refractivity contribution in [3.05, 3.63) is 29.9 Å². The molecule has 0 aliphatic heterocycles. The molecule has 1 heterocycles. The topological polar surface area (TPSA) is 68.9 Å². The van der Waals surface area contributed by atoms with Crippen molar-refractivity contribution in [2.24, 2.45) is 5.73 Å². The molecular weight excluding hydrogens is 174 g/mol. The normalized spacial score (nSPS) is 10.3. The summed E-state index contributed by atoms with van der Waals surface area (Å²) in [4.78, 5) is 18.1. The third-order valence-corrected chi connectivity index (χ3v) is 1.64. The van der Waals surface area contributed by atoms with Crippen LogP contribution in [0.4, 0.5) is 0 Å². The number of primary amides is 1. The Balaban J connectivity index is 2.49. The second-order valence-electron chi connectivity index (χ2n) is 1.85. The van der Waals surface area contributed by atoms with E-state index < -0.39 is 5.91 Å². The molecule has 1 aromatic rings. The van der Waals surface area contributed by atoms with Gasteiger partial charge in [0.05, 0.1) is 0 Å². The Labute approximate surface area is 73.9 Å². The molecular formula is C7H7N3OS. The zero-order valence-electron chi connectivity index (χ0n) is 6.18. The van der Waals surface area contributed by atoms with Gasteiger partial charge in [0.15, 0.2) is 5.16 Å². The van der Waals surface area contributed by atoms with E-state index in [0.717, 1.165) is 0 Å². The fourth-order valence-corrected chi connectivity index (χ4v) is 1.08. The average molecular weight is 181 g/mol. The van der Waals surface area contributed by atoms with Crippen molar-refractivity contribution in [2.75, 3.05) is 0 Å². The minimum absolute atomic E-state index is 0.474. The second kappa shape index (κ2) is 4.50. The highest BCUT2D eigenvalue weighted by Crippen LogP contribution is 2.11. The van der Waals surface area contributed by atoms with Gasteiger partial charge in [0.25, 0.3) is 0 Å². The van der Waals surface area contributed by atoms with Gasteiger partial charge in [0.1, 0.15) is 0 Å². The first-order chi connectivity index (χ1) is 5.79. The van der Waals surface area contributed by atoms with E-state index in [1.807, 2.05) is 0 Å². The zero-order chi connectivity index (χ0) is 8.81. The maximum absolute atomic E-state index is 10.3. The summed E-state index contributed by atoms with van der Waals surface area (Å²) in [7, 11) is 0. The summed E-state index contributed by atoms with van der Waals surface area (Å²) in [6.45, 7) is 0. The van der Waals surface area contributed by atoms with E-state index in [1.165, 1.54) is 17.8 Å². The molecule has 12 heavy (non-hydrogen) atoms. The first-order valence-electron chi connectivity index (χ1n) is 3.18. The molecule has 1 rings (SSSR count). The van der Waals surface area contributed by atoms with Crippen molar-refractivity contribution in [3.63, 3.8) is 0 Å². The Kier molecular flexibility index (Phi) is 3.28. The standard InChI is InChI=1S/C7H7N3OS/c8-6(11)2-5-12-7-9-3-1-4-10-7/h1-5H,(H2,8,11). The average Bonchev–Trinajstić information content (AvgIpc) is 2.05. The first-order valence-corrected chi connectivity index (χ1v) is 4.06. The summed E-state index contributed by atoms with van der Waals surface area (Å²) in [5, 5.41) is 2.15. The number of hydrogen-bond donors (Lipinski definition) is 1. The Bertz CT molecular complexity index is 286. The number of carbonyl (C=O) groups excluding carboxylic acids is 1. The zero-order valence-corrected chi connectivity index (χ0v) is 6.99. The van der Waals surface area contributed by atoms with Crippen LogP contribution in [0.25, 0.3) is 0 Å². The molecule has 0 radical (unpaired) electrons. The quantitative estimate of drug-likeness (QED) is 0.420. The minimum Gasteiger partial charge on any atom is -0.366 e. The van der Waals surface area contributed by atoms with Crippen LogP contribution in [0, 0.1) is 0 Å². The predicted octanol–water partition coefficient (Wildman–Crippen LogP) is 0.568. The predicted molar refractivity (Wildman–Crippen MR) is 46.2 cm³/mol. The molecule has 2 N–H and O–H groups in total. The maximum Gasteiger partial charge on any atom is 0.241 e. The van der Waals surface area contributed by atoms with Gasteiger partial charge in [-0.1, -0.05) is 11.8 Å². The number of hydrogen-bond acceptors (Lipinski definition) is 4. The van der Waals surface area contributed by atoms with E-state index in [2.05, 4.69) is 9.97 Å². The molecule has 0 aliphatic rings. The third kappa shape index (κ3) is 3.16. The lowest BCUT2D eigenvalue weighted by Gasteiger charge is -1.89. The number of carbonyl (C=O) groups is 1. The van der Waals surface area contributed by atoms with Crippen molar-refractivity contribution in [2.45, 2.75) is 5.16 Å². The van der Waals surface area contributed by atoms with Crippen molar-refractivity contribution in [1.29, 1.82) is 0 Å². The Morgan fingerprint density at radius 2 is 2.17 bits per heavy atom. The highest BCUT2D eigenvalue weighted by molar-refractivity contribution is 8.02. The van der Waals surface area contributed by atoms with Crippen LogP contribution in [0.5, 0.6) is 0 Å². The van der Waals surface area contributed by atoms with Gasteiger partial charge in [-0.3, -0.25) is 4.79 Å². The van der Waals surface area contributed by atoms with Gasteiger partial charge < -0.3 is 5.73 Å². The highest BCUT2D eigenvalue weighted by atomic mass is 32.2. The molecule has 0 spiro atoms. The molecule has 0 fully saturated rings. The first kappa shape index (κ1) is 8.73. The van der Waals surface area contributed by atoms with Gasteiger partial charge in [-0.05, 0) is 11.5 Å². The van der Waals surface area contributed by atoms with E-state index in [1.54, 1.807) is 23.9 Å². The number of rotatable bonds is 3. The van der Waals surface area contributed by atoms with E-state index in [9.17, 15) is 4.79 Å². The van der Waals surface area contributed by atoms with Gasteiger partial charge in [0, 0.05) is 18.5 Å². The molecule has 0 unspecified atom stereocenters. The molecule has 1 aromatic heterocycles. The number of thioether (sulfide) groups is 1. The molecule has 0 aromatic carbocycles. The Morgan fingerprint density at radius 3 is 2.75 bits per heavy atom. The van der Waals surface area contributed by atoms with Crippen LogP contribution >= 0.6 is 11.8 Å². The summed E-state index contributed by atoms with van der Waals surface area (Å²) in [5.41, 5.74) is 4.88. The van der Waals surface area contributed by atoms with E-state index in [-0.39, 0.29) is 0 Å². The molecule has 4 nitrogen and oxygen atoms in total. The summed E-state index contributed by atoms with van der Waals surface area (Å²) >= 11 is 1.25. The van der Waals surface area contributed by atoms with Crippen LogP contribution in [0.1, 0.15) is 0 Å². The SMILES string of the molecule is NC(=O)C=CSc1ncccn1. The largest absolute Gasteiger partial charge is 0.366 e. The second-order valence-corrected chi connectivity index (χ2v) is 2.73. The van der Waals surface area contributed by atoms with Crippen LogP contribution in [-0.2, 0) is 4.79 Å². The van der Waals surface area contributed by atoms with Gasteiger partial charge in [0.2, 0.25) is 5.91 Å². The number of nitrogens with zero attached hydrogens (tertiary/aromatic N) is 2. The highest BCUT2D eigenvalue weighted by Gasteiger charge is 1.90. The van der Waals surface area contributed by atoms with Gasteiger partial charge >= 0.3 is 0 Å². The number of nitrogens with two attached hydrogens (primary N) is 1. The van der Waals surface area contributed by atoms with Crippen LogP contribution in [0.2, 0.25) is 0 Å². The van der Waals surface area contributed by atoms with Crippen LogP contribution in [-0.4, -0.2) is 15.9 Å². The summed E-state index contributed by atoms with van der Waals surface area (Å²) in [6, 6.07) is 1.72. The monoisotopic (exact) mass is 181 g/mol. The smallest absolute Gasteiger partial charge is 0.241 e. The number of amides is 1. The fourth-order valence-electron chi connectivity index (χ4n) is 0.508. The molecule has 0 bridgehead atoms. The van der Waals surface area contributed by atoms with Gasteiger partial charge in [-0.2, -0.15) is 0 Å². The van der Waals surface area contributed by atoms with Crippen LogP contribution in [0.15, 0.2) is 35.1 Å². The summed E-state index contributed by atoms with van der Waals surface area (Å²) < 4.78 is 0. The fraction of sp³-hybridized carbons (Fsp3) is 0. The van der Waals surface area contributed by atoms with E-state index in [0.29, 0.717) is 5.16 Å². The lowest BCUT2D eigenvalue weighted by Crippen LogP contribution is -2.04. The molecule has 1 amide bonds. The van der Waals surface area contributed by atoms with Gasteiger partial charge in [-0.15, -0.1) is 0 Å². The minimum atomic E-state index is -0.474. The van der Waals surface area contributed by atoms with Crippen molar-refractivity contribution < 1.29 is 4.79 Å². The molecule has 5 heteroatoms. The van der Waals surface area contributed by atoms with E-state index >= 15 is 0 Å². The Morgan fingerprint density at radius 1 is 1.50 bits per heavy atom. The van der Waals surface area contributed by atoms with Crippen LogP contribution < -0.4 is 5.73 Å². The summed E-state index contributed by atoms with van der Waals surface area (Å²) in [6.07, 6.45) is 4.53. The molecule has 0 saturated heterocycles. The molecule has 62 valence electrons. The Hall–Kier alpha value is -1.36. The lowest BCUT2D eigenvalue weighted by molar-refractivity contribution is -0.113. The van der Waals surface area contributed by atoms with Crippen molar-refractivity contribution in [1.82, 2.24) is 9.97 Å². The maximum atomic E-state index is 10.3. The molecule has 0 saturated carbocycles. The molecule has 0 atom stereocenters. The van der Waals surface area contributed by atoms with Crippen molar-refractivity contribution in [3.8, 4) is 0 Å². The van der Waals surface area contributed by atoms with Gasteiger partial charge in [-0.25, -0.2) is 9.97 Å². The third-order valence-electron chi connectivity index (χ3n) is 0.948. The molecule has 0 aliphatic carbocycles.